The highest BCUT2D eigenvalue weighted by molar-refractivity contribution is 6.04. The number of amides is 2. The second-order valence-corrected chi connectivity index (χ2v) is 5.11. The molecule has 0 atom stereocenters. The third kappa shape index (κ3) is 4.16. The van der Waals surface area contributed by atoms with Gasteiger partial charge in [-0.05, 0) is 37.1 Å². The van der Waals surface area contributed by atoms with Crippen molar-refractivity contribution in [2.75, 3.05) is 25.0 Å². The Balaban J connectivity index is 1.93. The van der Waals surface area contributed by atoms with Crippen LogP contribution in [-0.2, 0) is 16.0 Å². The molecule has 3 N–H and O–H groups in total. The Hall–Kier alpha value is -2.14. The Labute approximate surface area is 124 Å². The third-order valence-corrected chi connectivity index (χ3v) is 3.50. The smallest absolute Gasteiger partial charge is 0.251 e. The van der Waals surface area contributed by atoms with E-state index in [1.54, 1.807) is 0 Å². The highest BCUT2D eigenvalue weighted by Crippen LogP contribution is 2.14. The van der Waals surface area contributed by atoms with Crippen molar-refractivity contribution in [1.82, 2.24) is 10.6 Å². The first kappa shape index (κ1) is 15.3. The molecule has 2 rings (SSSR count). The molecule has 0 saturated carbocycles. The normalized spacial score (nSPS) is 13.3. The van der Waals surface area contributed by atoms with Crippen molar-refractivity contribution in [3.63, 3.8) is 0 Å². The van der Waals surface area contributed by atoms with Crippen LogP contribution in [0, 0.1) is 0 Å². The summed E-state index contributed by atoms with van der Waals surface area (Å²) in [5.74, 6) is -0.0599. The maximum Gasteiger partial charge on any atom is 0.251 e. The molecule has 112 valence electrons. The van der Waals surface area contributed by atoms with E-state index in [-0.39, 0.29) is 11.8 Å². The van der Waals surface area contributed by atoms with E-state index >= 15 is 0 Å². The molecule has 5 nitrogen and oxygen atoms in total. The topological polar surface area (TPSA) is 70.2 Å². The first-order chi connectivity index (χ1) is 10.1. The number of likely N-dealkylation sites (N-methyl/N-ethyl adjacent to an activating group) is 1. The largest absolute Gasteiger partial charge is 0.356 e. The van der Waals surface area contributed by atoms with Crippen LogP contribution in [0.3, 0.4) is 0 Å². The second-order valence-electron chi connectivity index (χ2n) is 5.11. The van der Waals surface area contributed by atoms with Crippen LogP contribution < -0.4 is 16.0 Å². The number of anilines is 1. The lowest BCUT2D eigenvalue weighted by Gasteiger charge is -2.21. The summed E-state index contributed by atoms with van der Waals surface area (Å²) < 4.78 is 0. The minimum Gasteiger partial charge on any atom is -0.356 e. The summed E-state index contributed by atoms with van der Waals surface area (Å²) in [6.07, 6.45) is 0.358. The van der Waals surface area contributed by atoms with E-state index < -0.39 is 0 Å². The van der Waals surface area contributed by atoms with Crippen molar-refractivity contribution < 1.29 is 9.59 Å². The molecule has 5 heteroatoms. The fourth-order valence-electron chi connectivity index (χ4n) is 2.05. The van der Waals surface area contributed by atoms with Gasteiger partial charge in [-0.15, -0.1) is 0 Å². The monoisotopic (exact) mass is 287 g/mol. The highest BCUT2D eigenvalue weighted by atomic mass is 16.2. The predicted molar refractivity (Wildman–Crippen MR) is 83.0 cm³/mol. The zero-order chi connectivity index (χ0) is 15.2. The van der Waals surface area contributed by atoms with Gasteiger partial charge in [-0.25, -0.2) is 0 Å². The van der Waals surface area contributed by atoms with Crippen molar-refractivity contribution in [1.29, 1.82) is 0 Å². The van der Waals surface area contributed by atoms with Gasteiger partial charge in [0.15, 0.2) is 0 Å². The number of hydrogen-bond acceptors (Lipinski definition) is 3. The SMILES string of the molecule is CCNC(=O)Cc1ccc(NC(=O)C(C)=C2CNC2)cc1. The van der Waals surface area contributed by atoms with Crippen LogP contribution in [0.4, 0.5) is 5.69 Å². The van der Waals surface area contributed by atoms with Gasteiger partial charge in [0.05, 0.1) is 6.42 Å². The van der Waals surface area contributed by atoms with E-state index in [9.17, 15) is 9.59 Å². The lowest BCUT2D eigenvalue weighted by molar-refractivity contribution is -0.120. The minimum absolute atomic E-state index is 0.00680. The van der Waals surface area contributed by atoms with E-state index in [0.29, 0.717) is 13.0 Å². The van der Waals surface area contributed by atoms with Crippen molar-refractivity contribution >= 4 is 17.5 Å². The Morgan fingerprint density at radius 3 is 2.38 bits per heavy atom. The van der Waals surface area contributed by atoms with Crippen molar-refractivity contribution in [2.45, 2.75) is 20.3 Å². The van der Waals surface area contributed by atoms with Crippen LogP contribution in [0.2, 0.25) is 0 Å². The van der Waals surface area contributed by atoms with Gasteiger partial charge in [-0.2, -0.15) is 0 Å². The Kier molecular flexibility index (Phi) is 5.11. The van der Waals surface area contributed by atoms with Crippen LogP contribution in [-0.4, -0.2) is 31.4 Å². The van der Waals surface area contributed by atoms with Crippen LogP contribution in [0.1, 0.15) is 19.4 Å². The molecule has 1 aromatic rings. The number of carbonyl (C=O) groups is 2. The van der Waals surface area contributed by atoms with Crippen LogP contribution in [0.5, 0.6) is 0 Å². The molecular weight excluding hydrogens is 266 g/mol. The second kappa shape index (κ2) is 7.04. The van der Waals surface area contributed by atoms with Crippen LogP contribution >= 0.6 is 0 Å². The summed E-state index contributed by atoms with van der Waals surface area (Å²) in [4.78, 5) is 23.5. The molecule has 1 aliphatic rings. The number of rotatable bonds is 5. The van der Waals surface area contributed by atoms with E-state index in [4.69, 9.17) is 0 Å². The summed E-state index contributed by atoms with van der Waals surface area (Å²) >= 11 is 0. The quantitative estimate of drug-likeness (QED) is 0.713. The van der Waals surface area contributed by atoms with Gasteiger partial charge >= 0.3 is 0 Å². The molecule has 0 aromatic heterocycles. The molecule has 0 bridgehead atoms. The van der Waals surface area contributed by atoms with E-state index in [0.717, 1.165) is 35.5 Å². The Morgan fingerprint density at radius 1 is 1.19 bits per heavy atom. The molecule has 0 unspecified atom stereocenters. The maximum absolute atomic E-state index is 12.0. The van der Waals surface area contributed by atoms with Crippen molar-refractivity contribution in [2.24, 2.45) is 0 Å². The third-order valence-electron chi connectivity index (χ3n) is 3.50. The minimum atomic E-state index is -0.0667. The number of benzene rings is 1. The van der Waals surface area contributed by atoms with Gasteiger partial charge in [0, 0.05) is 30.9 Å². The number of carbonyl (C=O) groups excluding carboxylic acids is 2. The zero-order valence-corrected chi connectivity index (χ0v) is 12.5. The van der Waals surface area contributed by atoms with Gasteiger partial charge < -0.3 is 16.0 Å². The standard InChI is InChI=1S/C16H21N3O2/c1-3-18-15(20)8-12-4-6-14(7-5-12)19-16(21)11(2)13-9-17-10-13/h4-7,17H,3,8-10H2,1-2H3,(H,18,20)(H,19,21). The van der Waals surface area contributed by atoms with Crippen LogP contribution in [0.15, 0.2) is 35.4 Å². The fraction of sp³-hybridized carbons (Fsp3) is 0.375. The molecule has 0 radical (unpaired) electrons. The van der Waals surface area contributed by atoms with Crippen molar-refractivity contribution in [3.05, 3.63) is 41.0 Å². The molecule has 1 saturated heterocycles. The average Bonchev–Trinajstić information content (AvgIpc) is 2.39. The van der Waals surface area contributed by atoms with Crippen LogP contribution in [0.25, 0.3) is 0 Å². The molecule has 2 amide bonds. The first-order valence-electron chi connectivity index (χ1n) is 7.16. The zero-order valence-electron chi connectivity index (χ0n) is 12.5. The number of hydrogen-bond donors (Lipinski definition) is 3. The molecule has 1 heterocycles. The van der Waals surface area contributed by atoms with Gasteiger partial charge in [0.2, 0.25) is 5.91 Å². The summed E-state index contributed by atoms with van der Waals surface area (Å²) in [6, 6.07) is 7.36. The molecule has 0 spiro atoms. The van der Waals surface area contributed by atoms with Gasteiger partial charge in [-0.3, -0.25) is 9.59 Å². The molecule has 1 aliphatic heterocycles. The molecule has 1 fully saturated rings. The van der Waals surface area contributed by atoms with Gasteiger partial charge in [0.25, 0.3) is 5.91 Å². The Morgan fingerprint density at radius 2 is 1.86 bits per heavy atom. The summed E-state index contributed by atoms with van der Waals surface area (Å²) in [7, 11) is 0. The van der Waals surface area contributed by atoms with Gasteiger partial charge in [-0.1, -0.05) is 12.1 Å². The first-order valence-corrected chi connectivity index (χ1v) is 7.16. The number of nitrogens with one attached hydrogen (secondary N) is 3. The predicted octanol–water partition coefficient (Wildman–Crippen LogP) is 1.22. The van der Waals surface area contributed by atoms with Gasteiger partial charge in [0.1, 0.15) is 0 Å². The fourth-order valence-corrected chi connectivity index (χ4v) is 2.05. The average molecular weight is 287 g/mol. The molecular formula is C16H21N3O2. The highest BCUT2D eigenvalue weighted by Gasteiger charge is 2.15. The molecule has 1 aromatic carbocycles. The lowest BCUT2D eigenvalue weighted by Crippen LogP contribution is -2.36. The molecule has 21 heavy (non-hydrogen) atoms. The maximum atomic E-state index is 12.0. The van der Waals surface area contributed by atoms with E-state index in [1.807, 2.05) is 38.1 Å². The van der Waals surface area contributed by atoms with Crippen molar-refractivity contribution in [3.8, 4) is 0 Å². The van der Waals surface area contributed by atoms with E-state index in [1.165, 1.54) is 0 Å². The Bertz CT molecular complexity index is 555. The lowest BCUT2D eigenvalue weighted by atomic mass is 10.0. The molecule has 0 aliphatic carbocycles. The summed E-state index contributed by atoms with van der Waals surface area (Å²) in [5, 5.41) is 8.75. The van der Waals surface area contributed by atoms with E-state index in [2.05, 4.69) is 16.0 Å². The summed E-state index contributed by atoms with van der Waals surface area (Å²) in [6.45, 7) is 5.96. The summed E-state index contributed by atoms with van der Waals surface area (Å²) in [5.41, 5.74) is 3.60.